The molecule has 0 unspecified atom stereocenters. The van der Waals surface area contributed by atoms with E-state index in [4.69, 9.17) is 11.7 Å². The van der Waals surface area contributed by atoms with E-state index < -0.39 is 10.0 Å². The summed E-state index contributed by atoms with van der Waals surface area (Å²) < 4.78 is 25.3. The third kappa shape index (κ3) is 7.87. The highest BCUT2D eigenvalue weighted by Crippen LogP contribution is 1.82. The minimum atomic E-state index is -3.37. The average molecular weight is 165 g/mol. The van der Waals surface area contributed by atoms with E-state index in [1.807, 2.05) is 0 Å². The molecule has 60 valence electrons. The van der Waals surface area contributed by atoms with Crippen LogP contribution in [-0.2, 0) is 14.8 Å². The molecule has 0 aromatic rings. The van der Waals surface area contributed by atoms with Crippen molar-refractivity contribution in [3.05, 3.63) is 6.92 Å². The lowest BCUT2D eigenvalue weighted by Gasteiger charge is -1.98. The quantitative estimate of drug-likeness (QED) is 0.553. The van der Waals surface area contributed by atoms with Gasteiger partial charge >= 0.3 is 0 Å². The molecule has 0 saturated heterocycles. The first-order valence-corrected chi connectivity index (χ1v) is 4.56. The van der Waals surface area contributed by atoms with Crippen LogP contribution in [0.5, 0.6) is 0 Å². The van der Waals surface area contributed by atoms with Gasteiger partial charge in [0.15, 0.2) is 0 Å². The maximum Gasteiger partial charge on any atom is 0.211 e. The summed E-state index contributed by atoms with van der Waals surface area (Å²) in [5.41, 5.74) is 0. The van der Waals surface area contributed by atoms with Crippen molar-refractivity contribution in [2.45, 2.75) is 6.42 Å². The molecule has 0 fully saturated rings. The Labute approximate surface area is 61.4 Å². The highest BCUT2D eigenvalue weighted by atomic mass is 32.2. The number of sulfonamides is 1. The molecule has 0 aromatic carbocycles. The smallest absolute Gasteiger partial charge is 0.211 e. The predicted molar refractivity (Wildman–Crippen MR) is 37.7 cm³/mol. The summed E-state index contributed by atoms with van der Waals surface area (Å²) in [6, 6.07) is 0. The molecule has 0 rings (SSSR count). The van der Waals surface area contributed by atoms with Crippen LogP contribution in [0, 0.1) is 6.92 Å². The van der Waals surface area contributed by atoms with Crippen LogP contribution < -0.4 is 5.14 Å². The third-order valence-electron chi connectivity index (χ3n) is 0.774. The molecule has 0 aliphatic heterocycles. The van der Waals surface area contributed by atoms with E-state index in [-0.39, 0.29) is 12.4 Å². The summed E-state index contributed by atoms with van der Waals surface area (Å²) in [6.07, 6.45) is 0.393. The molecule has 0 spiro atoms. The Morgan fingerprint density at radius 3 is 2.40 bits per heavy atom. The van der Waals surface area contributed by atoms with Gasteiger partial charge in [-0.3, -0.25) is 0 Å². The van der Waals surface area contributed by atoms with Crippen LogP contribution in [0.25, 0.3) is 0 Å². The minimum Gasteiger partial charge on any atom is -0.380 e. The zero-order chi connectivity index (χ0) is 8.04. The molecule has 2 N–H and O–H groups in total. The van der Waals surface area contributed by atoms with Crippen LogP contribution in [0.1, 0.15) is 6.42 Å². The molecule has 2 radical (unpaired) electrons. The molecule has 0 aliphatic rings. The van der Waals surface area contributed by atoms with Crippen LogP contribution in [-0.4, -0.2) is 27.4 Å². The fourth-order valence-corrected chi connectivity index (χ4v) is 0.711. The number of rotatable bonds is 5. The summed E-state index contributed by atoms with van der Waals surface area (Å²) in [5.74, 6) is -0.146. The molecule has 0 bridgehead atoms. The zero-order valence-electron chi connectivity index (χ0n) is 5.62. The molecule has 0 amide bonds. The van der Waals surface area contributed by atoms with Crippen molar-refractivity contribution in [3.63, 3.8) is 0 Å². The van der Waals surface area contributed by atoms with E-state index in [0.29, 0.717) is 13.0 Å². The second kappa shape index (κ2) is 4.65. The van der Waals surface area contributed by atoms with E-state index in [2.05, 4.69) is 5.14 Å². The summed E-state index contributed by atoms with van der Waals surface area (Å²) in [5, 5.41) is 4.68. The Morgan fingerprint density at radius 1 is 1.40 bits per heavy atom. The zero-order valence-corrected chi connectivity index (χ0v) is 6.43. The molecular formula is C5H11NO3S. The van der Waals surface area contributed by atoms with Crippen molar-refractivity contribution in [2.75, 3.05) is 19.0 Å². The summed E-state index contributed by atoms with van der Waals surface area (Å²) in [4.78, 5) is 0. The van der Waals surface area contributed by atoms with Gasteiger partial charge < -0.3 is 4.74 Å². The highest BCUT2D eigenvalue weighted by molar-refractivity contribution is 7.89. The number of hydrogen-bond acceptors (Lipinski definition) is 3. The lowest BCUT2D eigenvalue weighted by atomic mass is 10.5. The Hall–Kier alpha value is -0.130. The van der Waals surface area contributed by atoms with Crippen molar-refractivity contribution in [3.8, 4) is 0 Å². The molecule has 5 heteroatoms. The lowest BCUT2D eigenvalue weighted by molar-refractivity contribution is 0.153. The summed E-state index contributed by atoms with van der Waals surface area (Å²) in [7, 11) is -3.37. The van der Waals surface area contributed by atoms with Crippen LogP contribution in [0.4, 0.5) is 0 Å². The van der Waals surface area contributed by atoms with Crippen LogP contribution in [0.3, 0.4) is 0 Å². The number of nitrogens with two attached hydrogens (primary N) is 1. The van der Waals surface area contributed by atoms with Crippen molar-refractivity contribution in [2.24, 2.45) is 5.14 Å². The van der Waals surface area contributed by atoms with E-state index >= 15 is 0 Å². The first kappa shape index (κ1) is 9.87. The predicted octanol–water partition coefficient (Wildman–Crippen LogP) is -0.607. The van der Waals surface area contributed by atoms with Crippen LogP contribution in [0.15, 0.2) is 0 Å². The van der Waals surface area contributed by atoms with Gasteiger partial charge in [0.25, 0.3) is 0 Å². The largest absolute Gasteiger partial charge is 0.380 e. The first-order chi connectivity index (χ1) is 4.56. The first-order valence-electron chi connectivity index (χ1n) is 2.84. The average Bonchev–Trinajstić information content (AvgIpc) is 1.78. The molecule has 0 saturated carbocycles. The van der Waals surface area contributed by atoms with Gasteiger partial charge in [-0.25, -0.2) is 13.6 Å². The van der Waals surface area contributed by atoms with Gasteiger partial charge in [0, 0.05) is 6.61 Å². The van der Waals surface area contributed by atoms with Gasteiger partial charge in [0.05, 0.1) is 12.4 Å². The normalized spacial score (nSPS) is 11.8. The summed E-state index contributed by atoms with van der Waals surface area (Å²) in [6.45, 7) is 5.56. The van der Waals surface area contributed by atoms with Gasteiger partial charge in [0.1, 0.15) is 0 Å². The molecule has 0 aromatic heterocycles. The van der Waals surface area contributed by atoms with Crippen molar-refractivity contribution in [1.29, 1.82) is 0 Å². The molecule has 0 aliphatic carbocycles. The standard InChI is InChI=1S/C5H11NO3S/c1-2-3-9-4-5-10(6,7)8/h1H,2-5H2,(H2,6,7,8). The van der Waals surface area contributed by atoms with E-state index in [1.54, 1.807) is 0 Å². The number of ether oxygens (including phenoxy) is 1. The molecule has 0 atom stereocenters. The SMILES string of the molecule is [CH]CCOCCS(N)(=O)=O. The Bertz CT molecular complexity index is 164. The third-order valence-corrected chi connectivity index (χ3v) is 1.51. The van der Waals surface area contributed by atoms with Crippen molar-refractivity contribution in [1.82, 2.24) is 0 Å². The topological polar surface area (TPSA) is 69.4 Å². The molecule has 10 heavy (non-hydrogen) atoms. The minimum absolute atomic E-state index is 0.121. The fourth-order valence-electron chi connectivity index (χ4n) is 0.360. The fraction of sp³-hybridized carbons (Fsp3) is 0.800. The Balaban J connectivity index is 3.21. The Morgan fingerprint density at radius 2 is 2.00 bits per heavy atom. The maximum atomic E-state index is 10.3. The molecule has 4 nitrogen and oxygen atoms in total. The van der Waals surface area contributed by atoms with Gasteiger partial charge in [0.2, 0.25) is 10.0 Å². The maximum absolute atomic E-state index is 10.3. The summed E-state index contributed by atoms with van der Waals surface area (Å²) >= 11 is 0. The second-order valence-corrected chi connectivity index (χ2v) is 3.50. The molecule has 0 heterocycles. The van der Waals surface area contributed by atoms with Gasteiger partial charge in [-0.15, -0.1) is 0 Å². The van der Waals surface area contributed by atoms with Crippen molar-refractivity contribution < 1.29 is 13.2 Å². The van der Waals surface area contributed by atoms with Gasteiger partial charge in [-0.1, -0.05) is 0 Å². The lowest BCUT2D eigenvalue weighted by Crippen LogP contribution is -2.20. The van der Waals surface area contributed by atoms with Gasteiger partial charge in [-0.05, 0) is 13.3 Å². The van der Waals surface area contributed by atoms with E-state index in [1.165, 1.54) is 0 Å². The monoisotopic (exact) mass is 165 g/mol. The highest BCUT2D eigenvalue weighted by Gasteiger charge is 2.00. The Kier molecular flexibility index (Phi) is 4.59. The molecular weight excluding hydrogens is 154 g/mol. The van der Waals surface area contributed by atoms with E-state index in [0.717, 1.165) is 0 Å². The number of hydrogen-bond donors (Lipinski definition) is 1. The van der Waals surface area contributed by atoms with Crippen molar-refractivity contribution >= 4 is 10.0 Å². The van der Waals surface area contributed by atoms with Gasteiger partial charge in [-0.2, -0.15) is 0 Å². The van der Waals surface area contributed by atoms with Crippen LogP contribution >= 0.6 is 0 Å². The van der Waals surface area contributed by atoms with E-state index in [9.17, 15) is 8.42 Å². The number of primary sulfonamides is 1. The van der Waals surface area contributed by atoms with Crippen LogP contribution in [0.2, 0.25) is 0 Å². The second-order valence-electron chi connectivity index (χ2n) is 1.77.